The lowest BCUT2D eigenvalue weighted by atomic mass is 10.0. The minimum absolute atomic E-state index is 0.239. The van der Waals surface area contributed by atoms with Crippen molar-refractivity contribution in [3.8, 4) is 0 Å². The molecule has 0 spiro atoms. The molecule has 2 heterocycles. The lowest BCUT2D eigenvalue weighted by Gasteiger charge is -2.29. The van der Waals surface area contributed by atoms with Crippen LogP contribution >= 0.6 is 0 Å². The molecule has 0 radical (unpaired) electrons. The molecule has 0 bridgehead atoms. The van der Waals surface area contributed by atoms with E-state index < -0.39 is 0 Å². The van der Waals surface area contributed by atoms with Crippen molar-refractivity contribution in [3.63, 3.8) is 0 Å². The van der Waals surface area contributed by atoms with Crippen molar-refractivity contribution in [1.82, 2.24) is 5.32 Å². The highest BCUT2D eigenvalue weighted by Gasteiger charge is 2.22. The number of benzene rings is 1. The van der Waals surface area contributed by atoms with Crippen LogP contribution < -0.4 is 5.32 Å². The third kappa shape index (κ3) is 2.82. The van der Waals surface area contributed by atoms with E-state index in [0.29, 0.717) is 12.1 Å². The maximum Gasteiger partial charge on any atom is 0.134 e. The fourth-order valence-electron chi connectivity index (χ4n) is 2.80. The van der Waals surface area contributed by atoms with Gasteiger partial charge in [0, 0.05) is 18.0 Å². The van der Waals surface area contributed by atoms with Crippen LogP contribution in [-0.2, 0) is 4.74 Å². The molecule has 1 aliphatic rings. The summed E-state index contributed by atoms with van der Waals surface area (Å²) in [6.45, 7) is 5.16. The molecule has 1 aromatic heterocycles. The van der Waals surface area contributed by atoms with E-state index >= 15 is 0 Å². The highest BCUT2D eigenvalue weighted by Crippen LogP contribution is 2.25. The smallest absolute Gasteiger partial charge is 0.134 e. The van der Waals surface area contributed by atoms with E-state index in [9.17, 15) is 0 Å². The molecule has 19 heavy (non-hydrogen) atoms. The van der Waals surface area contributed by atoms with Crippen LogP contribution in [0.4, 0.5) is 0 Å². The minimum Gasteiger partial charge on any atom is -0.459 e. The van der Waals surface area contributed by atoms with Crippen molar-refractivity contribution >= 4 is 11.0 Å². The van der Waals surface area contributed by atoms with Gasteiger partial charge in [-0.25, -0.2) is 0 Å². The van der Waals surface area contributed by atoms with Crippen LogP contribution in [0.3, 0.4) is 0 Å². The Hall–Kier alpha value is -1.32. The quantitative estimate of drug-likeness (QED) is 0.913. The Morgan fingerprint density at radius 1 is 1.32 bits per heavy atom. The zero-order valence-corrected chi connectivity index (χ0v) is 11.6. The second kappa shape index (κ2) is 5.35. The summed E-state index contributed by atoms with van der Waals surface area (Å²) in [5.41, 5.74) is 0.964. The molecule has 1 aliphatic heterocycles. The Morgan fingerprint density at radius 2 is 2.16 bits per heavy atom. The van der Waals surface area contributed by atoms with Crippen molar-refractivity contribution in [2.75, 3.05) is 6.61 Å². The van der Waals surface area contributed by atoms with Crippen molar-refractivity contribution in [1.29, 1.82) is 0 Å². The van der Waals surface area contributed by atoms with Gasteiger partial charge in [0.1, 0.15) is 11.3 Å². The van der Waals surface area contributed by atoms with Gasteiger partial charge >= 0.3 is 0 Å². The molecule has 0 saturated carbocycles. The average Bonchev–Trinajstić information content (AvgIpc) is 2.82. The molecule has 1 fully saturated rings. The number of furan rings is 1. The molecular formula is C16H21NO2. The molecule has 1 N–H and O–H groups in total. The summed E-state index contributed by atoms with van der Waals surface area (Å²) in [6, 6.07) is 11.0. The molecular weight excluding hydrogens is 238 g/mol. The van der Waals surface area contributed by atoms with Gasteiger partial charge in [-0.05, 0) is 38.8 Å². The number of hydrogen-bond donors (Lipinski definition) is 1. The van der Waals surface area contributed by atoms with Crippen LogP contribution in [0.15, 0.2) is 34.7 Å². The van der Waals surface area contributed by atoms with E-state index in [0.717, 1.165) is 30.8 Å². The van der Waals surface area contributed by atoms with E-state index in [1.165, 1.54) is 5.39 Å². The summed E-state index contributed by atoms with van der Waals surface area (Å²) >= 11 is 0. The molecule has 0 aliphatic carbocycles. The first-order valence-electron chi connectivity index (χ1n) is 7.08. The lowest BCUT2D eigenvalue weighted by Crippen LogP contribution is -2.39. The Labute approximate surface area is 113 Å². The third-order valence-electron chi connectivity index (χ3n) is 3.84. The summed E-state index contributed by atoms with van der Waals surface area (Å²) in [5.74, 6) is 1.01. The molecule has 3 rings (SSSR count). The number of ether oxygens (including phenoxy) is 1. The normalized spacial score (nSPS) is 25.6. The summed E-state index contributed by atoms with van der Waals surface area (Å²) in [4.78, 5) is 0. The predicted molar refractivity (Wildman–Crippen MR) is 76.2 cm³/mol. The maximum absolute atomic E-state index is 5.90. The zero-order valence-electron chi connectivity index (χ0n) is 11.6. The van der Waals surface area contributed by atoms with Crippen molar-refractivity contribution in [2.24, 2.45) is 0 Å². The van der Waals surface area contributed by atoms with Crippen LogP contribution in [0.5, 0.6) is 0 Å². The standard InChI is InChI=1S/C16H21NO2/c1-11-9-14(7-8-18-11)17-12(2)16-10-13-5-3-4-6-15(13)19-16/h3-6,10-12,14,17H,7-9H2,1-2H3. The highest BCUT2D eigenvalue weighted by molar-refractivity contribution is 5.77. The molecule has 3 nitrogen and oxygen atoms in total. The number of para-hydroxylation sites is 1. The van der Waals surface area contributed by atoms with Gasteiger partial charge in [0.05, 0.1) is 12.1 Å². The second-order valence-electron chi connectivity index (χ2n) is 5.48. The zero-order chi connectivity index (χ0) is 13.2. The molecule has 2 aromatic rings. The van der Waals surface area contributed by atoms with Crippen LogP contribution in [0.2, 0.25) is 0 Å². The topological polar surface area (TPSA) is 34.4 Å². The van der Waals surface area contributed by atoms with E-state index in [-0.39, 0.29) is 6.04 Å². The fraction of sp³-hybridized carbons (Fsp3) is 0.500. The number of rotatable bonds is 3. The van der Waals surface area contributed by atoms with Crippen molar-refractivity contribution in [3.05, 3.63) is 36.1 Å². The van der Waals surface area contributed by atoms with Crippen LogP contribution in [-0.4, -0.2) is 18.8 Å². The first-order chi connectivity index (χ1) is 9.22. The molecule has 102 valence electrons. The van der Waals surface area contributed by atoms with Gasteiger partial charge in [-0.2, -0.15) is 0 Å². The summed E-state index contributed by atoms with van der Waals surface area (Å²) in [7, 11) is 0. The maximum atomic E-state index is 5.90. The van der Waals surface area contributed by atoms with E-state index in [1.54, 1.807) is 0 Å². The SMILES string of the molecule is CC1CC(NC(C)c2cc3ccccc3o2)CCO1. The second-order valence-corrected chi connectivity index (χ2v) is 5.48. The third-order valence-corrected chi connectivity index (χ3v) is 3.84. The Morgan fingerprint density at radius 3 is 2.95 bits per heavy atom. The van der Waals surface area contributed by atoms with E-state index in [4.69, 9.17) is 9.15 Å². The minimum atomic E-state index is 0.239. The predicted octanol–water partition coefficient (Wildman–Crippen LogP) is 3.65. The van der Waals surface area contributed by atoms with Crippen LogP contribution in [0.1, 0.15) is 38.5 Å². The Bertz CT molecular complexity index is 515. The molecule has 1 saturated heterocycles. The van der Waals surface area contributed by atoms with Gasteiger partial charge in [-0.3, -0.25) is 0 Å². The lowest BCUT2D eigenvalue weighted by molar-refractivity contribution is 0.0112. The summed E-state index contributed by atoms with van der Waals surface area (Å²) < 4.78 is 11.5. The first-order valence-corrected chi connectivity index (χ1v) is 7.08. The molecule has 3 unspecified atom stereocenters. The largest absolute Gasteiger partial charge is 0.459 e. The summed E-state index contributed by atoms with van der Waals surface area (Å²) in [5, 5.41) is 4.83. The molecule has 3 atom stereocenters. The van der Waals surface area contributed by atoms with Gasteiger partial charge in [-0.1, -0.05) is 18.2 Å². The Kier molecular flexibility index (Phi) is 3.58. The molecule has 1 aromatic carbocycles. The average molecular weight is 259 g/mol. The molecule has 3 heteroatoms. The van der Waals surface area contributed by atoms with E-state index in [1.807, 2.05) is 18.2 Å². The first kappa shape index (κ1) is 12.7. The van der Waals surface area contributed by atoms with Crippen molar-refractivity contribution < 1.29 is 9.15 Å². The van der Waals surface area contributed by atoms with Gasteiger partial charge in [0.25, 0.3) is 0 Å². The monoisotopic (exact) mass is 259 g/mol. The van der Waals surface area contributed by atoms with Gasteiger partial charge in [0.2, 0.25) is 0 Å². The Balaban J connectivity index is 1.70. The molecule has 0 amide bonds. The van der Waals surface area contributed by atoms with Gasteiger partial charge in [-0.15, -0.1) is 0 Å². The fourth-order valence-corrected chi connectivity index (χ4v) is 2.80. The summed E-state index contributed by atoms with van der Waals surface area (Å²) in [6.07, 6.45) is 2.51. The van der Waals surface area contributed by atoms with Crippen LogP contribution in [0.25, 0.3) is 11.0 Å². The highest BCUT2D eigenvalue weighted by atomic mass is 16.5. The number of nitrogens with one attached hydrogen (secondary N) is 1. The van der Waals surface area contributed by atoms with Crippen LogP contribution in [0, 0.1) is 0 Å². The van der Waals surface area contributed by atoms with Gasteiger partial charge in [0.15, 0.2) is 0 Å². The number of hydrogen-bond acceptors (Lipinski definition) is 3. The van der Waals surface area contributed by atoms with Crippen molar-refractivity contribution in [2.45, 2.75) is 44.9 Å². The van der Waals surface area contributed by atoms with Gasteiger partial charge < -0.3 is 14.5 Å². The number of fused-ring (bicyclic) bond motifs is 1. The van der Waals surface area contributed by atoms with E-state index in [2.05, 4.69) is 31.3 Å².